The molecule has 1 aliphatic rings. The second-order valence-corrected chi connectivity index (χ2v) is 6.39. The lowest BCUT2D eigenvalue weighted by atomic mass is 10.1. The van der Waals surface area contributed by atoms with Crippen LogP contribution in [0.2, 0.25) is 0 Å². The van der Waals surface area contributed by atoms with Gasteiger partial charge in [-0.2, -0.15) is 0 Å². The van der Waals surface area contributed by atoms with Crippen LogP contribution in [0, 0.1) is 5.92 Å². The first-order chi connectivity index (χ1) is 11.7. The number of hydrogen-bond donors (Lipinski definition) is 2. The van der Waals surface area contributed by atoms with E-state index in [9.17, 15) is 0 Å². The number of aliphatic imine (C=N–C) groups is 1. The van der Waals surface area contributed by atoms with Crippen molar-refractivity contribution < 1.29 is 4.74 Å². The fraction of sp³-hybridized carbons (Fsp3) is 0.667. The number of anilines is 1. The molecule has 1 aliphatic heterocycles. The number of pyridine rings is 1. The largest absolute Gasteiger partial charge is 0.378 e. The van der Waals surface area contributed by atoms with Crippen LogP contribution in [0.3, 0.4) is 0 Å². The van der Waals surface area contributed by atoms with Gasteiger partial charge in [0.1, 0.15) is 5.82 Å². The maximum absolute atomic E-state index is 5.44. The fourth-order valence-electron chi connectivity index (χ4n) is 2.60. The number of guanidine groups is 1. The van der Waals surface area contributed by atoms with Crippen molar-refractivity contribution in [3.8, 4) is 0 Å². The molecule has 0 aliphatic carbocycles. The van der Waals surface area contributed by atoms with Crippen molar-refractivity contribution in [1.82, 2.24) is 15.6 Å². The van der Waals surface area contributed by atoms with E-state index in [1.54, 1.807) is 0 Å². The molecule has 2 rings (SSSR count). The lowest BCUT2D eigenvalue weighted by molar-refractivity contribution is 0.122. The second kappa shape index (κ2) is 12.3. The van der Waals surface area contributed by atoms with Gasteiger partial charge in [0.05, 0.1) is 19.8 Å². The summed E-state index contributed by atoms with van der Waals surface area (Å²) in [5.74, 6) is 2.59. The zero-order valence-electron chi connectivity index (χ0n) is 15.6. The first kappa shape index (κ1) is 22.0. The maximum atomic E-state index is 5.44. The highest BCUT2D eigenvalue weighted by Gasteiger charge is 2.15. The van der Waals surface area contributed by atoms with Crippen LogP contribution in [0.4, 0.5) is 5.82 Å². The van der Waals surface area contributed by atoms with Crippen molar-refractivity contribution in [2.45, 2.75) is 33.7 Å². The Labute approximate surface area is 168 Å². The number of nitrogens with zero attached hydrogens (tertiary/aromatic N) is 3. The van der Waals surface area contributed by atoms with Crippen LogP contribution in [0.25, 0.3) is 0 Å². The molecule has 0 atom stereocenters. The van der Waals surface area contributed by atoms with E-state index in [-0.39, 0.29) is 24.0 Å². The monoisotopic (exact) mass is 461 g/mol. The van der Waals surface area contributed by atoms with E-state index in [2.05, 4.69) is 47.4 Å². The van der Waals surface area contributed by atoms with Crippen LogP contribution >= 0.6 is 24.0 Å². The smallest absolute Gasteiger partial charge is 0.191 e. The van der Waals surface area contributed by atoms with Gasteiger partial charge in [0.25, 0.3) is 0 Å². The van der Waals surface area contributed by atoms with Gasteiger partial charge >= 0.3 is 0 Å². The van der Waals surface area contributed by atoms with E-state index in [1.165, 1.54) is 0 Å². The Morgan fingerprint density at radius 3 is 2.76 bits per heavy atom. The lowest BCUT2D eigenvalue weighted by Crippen LogP contribution is -2.38. The third-order valence-electron chi connectivity index (χ3n) is 3.94. The zero-order chi connectivity index (χ0) is 17.2. The molecule has 1 saturated heterocycles. The van der Waals surface area contributed by atoms with E-state index in [0.29, 0.717) is 12.5 Å². The summed E-state index contributed by atoms with van der Waals surface area (Å²) in [5.41, 5.74) is 1.15. The molecule has 6 nitrogen and oxygen atoms in total. The van der Waals surface area contributed by atoms with E-state index >= 15 is 0 Å². The standard InChI is InChI=1S/C18H31N5O.HI/c1-4-19-18(21-9-7-15(2)3)22-14-16-6-5-8-20-17(16)23-10-12-24-13-11-23;/h5-6,8,15H,4,7,9-14H2,1-3H3,(H2,19,21,22);1H. The molecule has 1 fully saturated rings. The minimum Gasteiger partial charge on any atom is -0.378 e. The van der Waals surface area contributed by atoms with Gasteiger partial charge < -0.3 is 20.3 Å². The number of aromatic nitrogens is 1. The molecule has 2 heterocycles. The average molecular weight is 461 g/mol. The maximum Gasteiger partial charge on any atom is 0.191 e. The molecule has 0 amide bonds. The Morgan fingerprint density at radius 2 is 2.08 bits per heavy atom. The van der Waals surface area contributed by atoms with Crippen molar-refractivity contribution >= 4 is 35.8 Å². The molecular formula is C18H32IN5O. The van der Waals surface area contributed by atoms with Gasteiger partial charge in [0, 0.05) is 37.9 Å². The Bertz CT molecular complexity index is 518. The van der Waals surface area contributed by atoms with Crippen molar-refractivity contribution in [3.63, 3.8) is 0 Å². The quantitative estimate of drug-likeness (QED) is 0.372. The highest BCUT2D eigenvalue weighted by molar-refractivity contribution is 14.0. The third kappa shape index (κ3) is 7.77. The van der Waals surface area contributed by atoms with Crippen molar-refractivity contribution in [2.24, 2.45) is 10.9 Å². The lowest BCUT2D eigenvalue weighted by Gasteiger charge is -2.29. The highest BCUT2D eigenvalue weighted by atomic mass is 127. The minimum atomic E-state index is 0. The van der Waals surface area contributed by atoms with Crippen molar-refractivity contribution in [3.05, 3.63) is 23.9 Å². The Hall–Kier alpha value is -1.09. The molecule has 0 aromatic carbocycles. The Morgan fingerprint density at radius 1 is 1.32 bits per heavy atom. The molecule has 1 aromatic heterocycles. The SMILES string of the molecule is CCNC(=NCc1cccnc1N1CCOCC1)NCCC(C)C.I. The van der Waals surface area contributed by atoms with Crippen LogP contribution in [0.5, 0.6) is 0 Å². The first-order valence-corrected chi connectivity index (χ1v) is 8.99. The fourth-order valence-corrected chi connectivity index (χ4v) is 2.60. The molecule has 25 heavy (non-hydrogen) atoms. The summed E-state index contributed by atoms with van der Waals surface area (Å²) in [5, 5.41) is 6.72. The molecule has 0 spiro atoms. The van der Waals surface area contributed by atoms with Crippen molar-refractivity contribution in [2.75, 3.05) is 44.3 Å². The molecule has 0 unspecified atom stereocenters. The zero-order valence-corrected chi connectivity index (χ0v) is 18.0. The number of hydrogen-bond acceptors (Lipinski definition) is 4. The second-order valence-electron chi connectivity index (χ2n) is 6.39. The highest BCUT2D eigenvalue weighted by Crippen LogP contribution is 2.19. The van der Waals surface area contributed by atoms with Gasteiger partial charge in [-0.1, -0.05) is 19.9 Å². The van der Waals surface area contributed by atoms with Gasteiger partial charge in [-0.15, -0.1) is 24.0 Å². The molecule has 1 aromatic rings. The Balaban J connectivity index is 0.00000312. The predicted octanol–water partition coefficient (Wildman–Crippen LogP) is 2.64. The predicted molar refractivity (Wildman–Crippen MR) is 115 cm³/mol. The summed E-state index contributed by atoms with van der Waals surface area (Å²) < 4.78 is 5.44. The van der Waals surface area contributed by atoms with E-state index in [0.717, 1.165) is 63.2 Å². The molecule has 0 radical (unpaired) electrons. The summed E-state index contributed by atoms with van der Waals surface area (Å²) in [4.78, 5) is 11.6. The van der Waals surface area contributed by atoms with E-state index in [1.807, 2.05) is 12.3 Å². The van der Waals surface area contributed by atoms with Gasteiger partial charge in [0.15, 0.2) is 5.96 Å². The third-order valence-corrected chi connectivity index (χ3v) is 3.94. The molecule has 7 heteroatoms. The van der Waals surface area contributed by atoms with Crippen LogP contribution < -0.4 is 15.5 Å². The van der Waals surface area contributed by atoms with E-state index < -0.39 is 0 Å². The average Bonchev–Trinajstić information content (AvgIpc) is 2.60. The summed E-state index contributed by atoms with van der Waals surface area (Å²) in [6, 6.07) is 4.09. The number of rotatable bonds is 7. The number of nitrogens with one attached hydrogen (secondary N) is 2. The van der Waals surface area contributed by atoms with Crippen LogP contribution in [-0.4, -0.2) is 50.3 Å². The summed E-state index contributed by atoms with van der Waals surface area (Å²) in [7, 11) is 0. The normalized spacial score (nSPS) is 15.0. The number of morpholine rings is 1. The summed E-state index contributed by atoms with van der Waals surface area (Å²) in [6.45, 7) is 12.3. The van der Waals surface area contributed by atoms with Gasteiger partial charge in [-0.05, 0) is 25.3 Å². The summed E-state index contributed by atoms with van der Waals surface area (Å²) >= 11 is 0. The van der Waals surface area contributed by atoms with Crippen LogP contribution in [0.15, 0.2) is 23.3 Å². The molecular weight excluding hydrogens is 429 g/mol. The van der Waals surface area contributed by atoms with Crippen molar-refractivity contribution in [1.29, 1.82) is 0 Å². The first-order valence-electron chi connectivity index (χ1n) is 8.99. The van der Waals surface area contributed by atoms with Gasteiger partial charge in [-0.25, -0.2) is 9.98 Å². The molecule has 0 saturated carbocycles. The topological polar surface area (TPSA) is 61.8 Å². The van der Waals surface area contributed by atoms with Crippen LogP contribution in [-0.2, 0) is 11.3 Å². The molecule has 142 valence electrons. The molecule has 2 N–H and O–H groups in total. The van der Waals surface area contributed by atoms with Gasteiger partial charge in [-0.3, -0.25) is 0 Å². The van der Waals surface area contributed by atoms with E-state index in [4.69, 9.17) is 9.73 Å². The minimum absolute atomic E-state index is 0. The number of ether oxygens (including phenoxy) is 1. The summed E-state index contributed by atoms with van der Waals surface area (Å²) in [6.07, 6.45) is 2.99. The molecule has 0 bridgehead atoms. The number of halogens is 1. The van der Waals surface area contributed by atoms with Gasteiger partial charge in [0.2, 0.25) is 0 Å². The van der Waals surface area contributed by atoms with Crippen LogP contribution in [0.1, 0.15) is 32.8 Å². The Kier molecular flexibility index (Phi) is 10.8.